The van der Waals surface area contributed by atoms with Crippen molar-refractivity contribution in [3.05, 3.63) is 132 Å². The van der Waals surface area contributed by atoms with Gasteiger partial charge in [-0.15, -0.1) is 0 Å². The maximum absolute atomic E-state index is 14.0. The first-order chi connectivity index (χ1) is 25.8. The minimum Gasteiger partial charge on any atom is -0.496 e. The van der Waals surface area contributed by atoms with Crippen molar-refractivity contribution in [2.75, 3.05) is 20.3 Å². The van der Waals surface area contributed by atoms with Crippen LogP contribution in [0.25, 0.3) is 11.1 Å². The molecule has 280 valence electrons. The van der Waals surface area contributed by atoms with Crippen molar-refractivity contribution in [2.45, 2.75) is 86.2 Å². The number of methoxy groups -OCH3 is 1. The SMILES string of the molecule is CCCCCCCOCc1ccc(OC)c(C(O)c2ccccc2-c2ccc(Sc3ccc(OCCCC)cc3)c(S(=O)(=O)Oc3ccccc3)c2)c1. The maximum Gasteiger partial charge on any atom is 0.340 e. The molecule has 0 aliphatic rings. The Labute approximate surface area is 319 Å². The third-order valence-electron chi connectivity index (χ3n) is 8.80. The summed E-state index contributed by atoms with van der Waals surface area (Å²) in [5.41, 5.74) is 3.42. The van der Waals surface area contributed by atoms with Gasteiger partial charge in [0, 0.05) is 22.0 Å². The lowest BCUT2D eigenvalue weighted by Crippen LogP contribution is -2.11. The molecule has 1 unspecified atom stereocenters. The highest BCUT2D eigenvalue weighted by atomic mass is 32.2. The van der Waals surface area contributed by atoms with Crippen LogP contribution in [0.3, 0.4) is 0 Å². The predicted molar refractivity (Wildman–Crippen MR) is 213 cm³/mol. The lowest BCUT2D eigenvalue weighted by molar-refractivity contribution is 0.116. The highest BCUT2D eigenvalue weighted by Gasteiger charge is 2.25. The van der Waals surface area contributed by atoms with Gasteiger partial charge in [0.1, 0.15) is 28.2 Å². The van der Waals surface area contributed by atoms with Gasteiger partial charge in [0.15, 0.2) is 0 Å². The lowest BCUT2D eigenvalue weighted by Gasteiger charge is -2.20. The van der Waals surface area contributed by atoms with Crippen LogP contribution in [0.1, 0.15) is 81.6 Å². The zero-order valence-electron chi connectivity index (χ0n) is 30.8. The minimum atomic E-state index is -4.28. The van der Waals surface area contributed by atoms with Crippen molar-refractivity contribution in [3.8, 4) is 28.4 Å². The van der Waals surface area contributed by atoms with Gasteiger partial charge in [-0.05, 0) is 95.8 Å². The van der Waals surface area contributed by atoms with E-state index in [-0.39, 0.29) is 10.6 Å². The highest BCUT2D eigenvalue weighted by molar-refractivity contribution is 8.00. The molecule has 0 saturated heterocycles. The summed E-state index contributed by atoms with van der Waals surface area (Å²) in [5, 5.41) is 11.9. The average Bonchev–Trinajstić information content (AvgIpc) is 3.18. The molecule has 0 heterocycles. The van der Waals surface area contributed by atoms with Crippen molar-refractivity contribution in [2.24, 2.45) is 0 Å². The van der Waals surface area contributed by atoms with E-state index < -0.39 is 16.2 Å². The second-order valence-electron chi connectivity index (χ2n) is 12.8. The molecular formula is C44H50O7S2. The number of para-hydroxylation sites is 1. The Kier molecular flexibility index (Phi) is 15.3. The topological polar surface area (TPSA) is 91.3 Å². The van der Waals surface area contributed by atoms with Gasteiger partial charge < -0.3 is 23.5 Å². The number of aliphatic hydroxyl groups is 1. The van der Waals surface area contributed by atoms with E-state index in [1.165, 1.54) is 31.0 Å². The smallest absolute Gasteiger partial charge is 0.340 e. The Morgan fingerprint density at radius 2 is 1.43 bits per heavy atom. The van der Waals surface area contributed by atoms with E-state index >= 15 is 0 Å². The van der Waals surface area contributed by atoms with Crippen LogP contribution in [0, 0.1) is 0 Å². The fourth-order valence-corrected chi connectivity index (χ4v) is 8.21. The van der Waals surface area contributed by atoms with Crippen LogP contribution in [0.5, 0.6) is 17.2 Å². The van der Waals surface area contributed by atoms with Gasteiger partial charge in [0.05, 0.1) is 20.3 Å². The molecule has 7 nitrogen and oxygen atoms in total. The summed E-state index contributed by atoms with van der Waals surface area (Å²) >= 11 is 1.33. The molecule has 9 heteroatoms. The van der Waals surface area contributed by atoms with Crippen LogP contribution in [-0.2, 0) is 21.5 Å². The summed E-state index contributed by atoms with van der Waals surface area (Å²) in [4.78, 5) is 1.37. The zero-order valence-corrected chi connectivity index (χ0v) is 32.5. The molecule has 0 amide bonds. The molecule has 0 fully saturated rings. The van der Waals surface area contributed by atoms with Crippen molar-refractivity contribution in [1.82, 2.24) is 0 Å². The second-order valence-corrected chi connectivity index (χ2v) is 15.5. The van der Waals surface area contributed by atoms with E-state index in [1.807, 2.05) is 72.8 Å². The monoisotopic (exact) mass is 754 g/mol. The molecule has 0 bridgehead atoms. The molecule has 0 aliphatic carbocycles. The third kappa shape index (κ3) is 11.4. The molecule has 1 N–H and O–H groups in total. The summed E-state index contributed by atoms with van der Waals surface area (Å²) in [5.74, 6) is 1.52. The van der Waals surface area contributed by atoms with Crippen LogP contribution in [0.15, 0.2) is 130 Å². The van der Waals surface area contributed by atoms with E-state index in [0.29, 0.717) is 52.7 Å². The first-order valence-electron chi connectivity index (χ1n) is 18.4. The molecule has 5 aromatic carbocycles. The van der Waals surface area contributed by atoms with Crippen LogP contribution in [0.2, 0.25) is 0 Å². The lowest BCUT2D eigenvalue weighted by atomic mass is 9.91. The van der Waals surface area contributed by atoms with E-state index in [1.54, 1.807) is 49.6 Å². The first-order valence-corrected chi connectivity index (χ1v) is 20.6. The summed E-state index contributed by atoms with van der Waals surface area (Å²) in [6.45, 7) is 6.08. The van der Waals surface area contributed by atoms with Crippen LogP contribution < -0.4 is 13.7 Å². The van der Waals surface area contributed by atoms with Crippen molar-refractivity contribution < 1.29 is 31.9 Å². The second kappa shape index (κ2) is 20.3. The molecule has 5 aromatic rings. The number of hydrogen-bond donors (Lipinski definition) is 1. The Hall–Kier alpha value is -4.28. The molecule has 5 rings (SSSR count). The molecule has 0 spiro atoms. The van der Waals surface area contributed by atoms with E-state index in [4.69, 9.17) is 18.4 Å². The standard InChI is InChI=1S/C44H50O7S2/c1-4-6-8-9-15-28-49-32-33-20-26-41(48-3)40(30-33)44(45)39-19-14-13-18-38(39)34-21-27-42(52-37-24-22-35(23-25-37)50-29-7-5-2)43(31-34)53(46,47)51-36-16-11-10-12-17-36/h10-14,16-27,30-31,44-45H,4-9,15,28-29,32H2,1-3H3. The van der Waals surface area contributed by atoms with E-state index in [0.717, 1.165) is 41.9 Å². The minimum absolute atomic E-state index is 0.0165. The number of unbranched alkanes of at least 4 members (excludes halogenated alkanes) is 5. The fraction of sp³-hybridized carbons (Fsp3) is 0.318. The van der Waals surface area contributed by atoms with Crippen molar-refractivity contribution in [3.63, 3.8) is 0 Å². The normalized spacial score (nSPS) is 12.0. The number of rotatable bonds is 21. The van der Waals surface area contributed by atoms with Gasteiger partial charge in [-0.25, -0.2) is 0 Å². The Bertz CT molecular complexity index is 1980. The largest absolute Gasteiger partial charge is 0.496 e. The van der Waals surface area contributed by atoms with Crippen molar-refractivity contribution >= 4 is 21.9 Å². The zero-order chi connectivity index (χ0) is 37.5. The molecule has 1 atom stereocenters. The summed E-state index contributed by atoms with van der Waals surface area (Å²) in [6.07, 6.45) is 6.79. The van der Waals surface area contributed by atoms with Gasteiger partial charge in [-0.1, -0.05) is 112 Å². The van der Waals surface area contributed by atoms with Crippen LogP contribution in [-0.4, -0.2) is 33.8 Å². The summed E-state index contributed by atoms with van der Waals surface area (Å²) in [7, 11) is -2.70. The molecule has 0 saturated carbocycles. The highest BCUT2D eigenvalue weighted by Crippen LogP contribution is 2.40. The maximum atomic E-state index is 14.0. The first kappa shape index (κ1) is 39.9. The quantitative estimate of drug-likeness (QED) is 0.0585. The average molecular weight is 755 g/mol. The fourth-order valence-electron chi connectivity index (χ4n) is 5.92. The van der Waals surface area contributed by atoms with Gasteiger partial charge in [0.2, 0.25) is 0 Å². The molecule has 0 aromatic heterocycles. The summed E-state index contributed by atoms with van der Waals surface area (Å²) < 4.78 is 51.1. The molecule has 53 heavy (non-hydrogen) atoms. The molecule has 0 radical (unpaired) electrons. The van der Waals surface area contributed by atoms with E-state index in [2.05, 4.69) is 13.8 Å². The van der Waals surface area contributed by atoms with Gasteiger partial charge in [-0.2, -0.15) is 8.42 Å². The van der Waals surface area contributed by atoms with Gasteiger partial charge >= 0.3 is 10.1 Å². The Morgan fingerprint density at radius 3 is 2.19 bits per heavy atom. The summed E-state index contributed by atoms with van der Waals surface area (Å²) in [6, 6.07) is 34.5. The Morgan fingerprint density at radius 1 is 0.698 bits per heavy atom. The van der Waals surface area contributed by atoms with Crippen LogP contribution >= 0.6 is 11.8 Å². The number of hydrogen-bond acceptors (Lipinski definition) is 8. The number of aliphatic hydroxyl groups excluding tert-OH is 1. The molecule has 0 aliphatic heterocycles. The third-order valence-corrected chi connectivity index (χ3v) is 11.3. The Balaban J connectivity index is 1.46. The van der Waals surface area contributed by atoms with E-state index in [9.17, 15) is 13.5 Å². The number of ether oxygens (including phenoxy) is 3. The predicted octanol–water partition coefficient (Wildman–Crippen LogP) is 11.0. The molecular weight excluding hydrogens is 705 g/mol. The van der Waals surface area contributed by atoms with Crippen molar-refractivity contribution in [1.29, 1.82) is 0 Å². The van der Waals surface area contributed by atoms with Crippen LogP contribution in [0.4, 0.5) is 0 Å². The van der Waals surface area contributed by atoms with Gasteiger partial charge in [-0.3, -0.25) is 0 Å². The van der Waals surface area contributed by atoms with Gasteiger partial charge in [0.25, 0.3) is 0 Å². The number of benzene rings is 5.